The normalized spacial score (nSPS) is 11.1. The average Bonchev–Trinajstić information content (AvgIpc) is 3.41. The van der Waals surface area contributed by atoms with E-state index < -0.39 is 0 Å². The van der Waals surface area contributed by atoms with Crippen LogP contribution in [0.5, 0.6) is 0 Å². The van der Waals surface area contributed by atoms with E-state index in [1.54, 1.807) is 0 Å². The Labute approximate surface area is 395 Å². The van der Waals surface area contributed by atoms with Crippen LogP contribution < -0.4 is 0 Å². The van der Waals surface area contributed by atoms with Crippen molar-refractivity contribution in [2.45, 2.75) is 13.8 Å². The Hall–Kier alpha value is -9.07. The molecule has 11 aromatic rings. The molecule has 0 fully saturated rings. The molecule has 0 spiro atoms. The van der Waals surface area contributed by atoms with E-state index in [-0.39, 0.29) is 0 Å². The van der Waals surface area contributed by atoms with Gasteiger partial charge in [0.1, 0.15) is 0 Å². The third kappa shape index (κ3) is 8.48. The zero-order valence-electron chi connectivity index (χ0n) is 37.5. The first-order valence-corrected chi connectivity index (χ1v) is 22.6. The Kier molecular flexibility index (Phi) is 11.3. The Morgan fingerprint density at radius 1 is 0.221 bits per heavy atom. The monoisotopic (exact) mass is 873 g/mol. The summed E-state index contributed by atoms with van der Waals surface area (Å²) in [7, 11) is 0. The van der Waals surface area contributed by atoms with E-state index in [1.807, 2.05) is 110 Å². The van der Waals surface area contributed by atoms with Crippen molar-refractivity contribution in [3.05, 3.63) is 236 Å². The van der Waals surface area contributed by atoms with E-state index in [1.165, 1.54) is 0 Å². The molecule has 0 aliphatic carbocycles. The van der Waals surface area contributed by atoms with Crippen LogP contribution in [-0.4, -0.2) is 34.9 Å². The molecule has 7 heteroatoms. The standard InChI is InChI=1S/C61H43N7/c1-40-33-38-50(41(2)62-40)55-51(48-27-17-28-49(39-48)60-65-56(44-21-9-4-10-22-44)63-57(66-60)45-23-11-5-12-24-45)31-18-32-53(55)52-29-15-16-30-54(52)61-67-58(46-25-13-6-14-26-46)64-59(68-61)47-36-34-43(35-37-47)42-19-7-3-8-20-42/h3-39H,1-2H3. The lowest BCUT2D eigenvalue weighted by atomic mass is 9.85. The quantitative estimate of drug-likeness (QED) is 0.135. The lowest BCUT2D eigenvalue weighted by molar-refractivity contribution is 1.07. The molecule has 68 heavy (non-hydrogen) atoms. The fourth-order valence-electron chi connectivity index (χ4n) is 8.72. The molecule has 11 rings (SSSR count). The van der Waals surface area contributed by atoms with Gasteiger partial charge in [0, 0.05) is 50.3 Å². The summed E-state index contributed by atoms with van der Waals surface area (Å²) in [5, 5.41) is 0. The molecule has 0 aliphatic heterocycles. The van der Waals surface area contributed by atoms with E-state index in [4.69, 9.17) is 34.9 Å². The molecule has 322 valence electrons. The Morgan fingerprint density at radius 3 is 1.13 bits per heavy atom. The first kappa shape index (κ1) is 41.6. The maximum atomic E-state index is 5.25. The van der Waals surface area contributed by atoms with Crippen molar-refractivity contribution in [3.8, 4) is 113 Å². The Morgan fingerprint density at radius 2 is 0.588 bits per heavy atom. The van der Waals surface area contributed by atoms with Crippen LogP contribution in [0.1, 0.15) is 11.4 Å². The summed E-state index contributed by atoms with van der Waals surface area (Å²) in [4.78, 5) is 35.6. The Balaban J connectivity index is 1.08. The molecule has 0 N–H and O–H groups in total. The molecule has 0 unspecified atom stereocenters. The van der Waals surface area contributed by atoms with Gasteiger partial charge in [-0.2, -0.15) is 0 Å². The molecule has 7 nitrogen and oxygen atoms in total. The van der Waals surface area contributed by atoms with E-state index in [2.05, 4.69) is 128 Å². The maximum Gasteiger partial charge on any atom is 0.164 e. The van der Waals surface area contributed by atoms with Gasteiger partial charge in [-0.05, 0) is 64.9 Å². The predicted molar refractivity (Wildman–Crippen MR) is 275 cm³/mol. The van der Waals surface area contributed by atoms with E-state index in [0.717, 1.165) is 89.3 Å². The minimum atomic E-state index is 0.576. The second kappa shape index (κ2) is 18.4. The van der Waals surface area contributed by atoms with Crippen molar-refractivity contribution in [2.24, 2.45) is 0 Å². The molecule has 0 aliphatic rings. The molecule has 0 atom stereocenters. The smallest absolute Gasteiger partial charge is 0.164 e. The summed E-state index contributed by atoms with van der Waals surface area (Å²) in [5.74, 6) is 3.58. The summed E-state index contributed by atoms with van der Waals surface area (Å²) in [6.45, 7) is 4.11. The van der Waals surface area contributed by atoms with Crippen LogP contribution in [-0.2, 0) is 0 Å². The van der Waals surface area contributed by atoms with Crippen LogP contribution in [0.2, 0.25) is 0 Å². The first-order chi connectivity index (χ1) is 33.5. The van der Waals surface area contributed by atoms with Gasteiger partial charge in [-0.3, -0.25) is 4.98 Å². The molecule has 0 bridgehead atoms. The maximum absolute atomic E-state index is 5.25. The minimum Gasteiger partial charge on any atom is -0.258 e. The molecular weight excluding hydrogens is 831 g/mol. The highest BCUT2D eigenvalue weighted by molar-refractivity contribution is 5.99. The SMILES string of the molecule is Cc1ccc(-c2c(-c3cccc(-c4nc(-c5ccccc5)nc(-c5ccccc5)n4)c3)cccc2-c2ccccc2-c2nc(-c3ccccc3)nc(-c3ccc(-c4ccccc4)cc3)n2)c(C)n1. The fraction of sp³-hybridized carbons (Fsp3) is 0.0328. The second-order valence-electron chi connectivity index (χ2n) is 16.6. The highest BCUT2D eigenvalue weighted by Gasteiger charge is 2.22. The van der Waals surface area contributed by atoms with Crippen molar-refractivity contribution < 1.29 is 0 Å². The topological polar surface area (TPSA) is 90.2 Å². The van der Waals surface area contributed by atoms with Gasteiger partial charge < -0.3 is 0 Å². The summed E-state index contributed by atoms with van der Waals surface area (Å²) in [6, 6.07) is 76.7. The zero-order valence-corrected chi connectivity index (χ0v) is 37.5. The number of hydrogen-bond donors (Lipinski definition) is 0. The fourth-order valence-corrected chi connectivity index (χ4v) is 8.72. The summed E-state index contributed by atoms with van der Waals surface area (Å²) in [6.07, 6.45) is 0. The van der Waals surface area contributed by atoms with Crippen molar-refractivity contribution in [3.63, 3.8) is 0 Å². The molecule has 3 aromatic heterocycles. The molecule has 3 heterocycles. The van der Waals surface area contributed by atoms with Crippen LogP contribution in [0.4, 0.5) is 0 Å². The third-order valence-corrected chi connectivity index (χ3v) is 12.1. The molecule has 8 aromatic carbocycles. The van der Waals surface area contributed by atoms with Crippen molar-refractivity contribution in [1.82, 2.24) is 34.9 Å². The largest absolute Gasteiger partial charge is 0.258 e. The summed E-state index contributed by atoms with van der Waals surface area (Å²) in [5.41, 5.74) is 15.7. The van der Waals surface area contributed by atoms with Gasteiger partial charge in [-0.1, -0.05) is 212 Å². The van der Waals surface area contributed by atoms with Crippen LogP contribution in [0, 0.1) is 13.8 Å². The minimum absolute atomic E-state index is 0.576. The zero-order chi connectivity index (χ0) is 45.8. The molecule has 0 amide bonds. The summed E-state index contributed by atoms with van der Waals surface area (Å²) >= 11 is 0. The first-order valence-electron chi connectivity index (χ1n) is 22.6. The van der Waals surface area contributed by atoms with Gasteiger partial charge >= 0.3 is 0 Å². The van der Waals surface area contributed by atoms with Gasteiger partial charge in [0.25, 0.3) is 0 Å². The van der Waals surface area contributed by atoms with E-state index in [0.29, 0.717) is 34.9 Å². The van der Waals surface area contributed by atoms with Crippen molar-refractivity contribution in [1.29, 1.82) is 0 Å². The number of rotatable bonds is 10. The number of nitrogens with zero attached hydrogens (tertiary/aromatic N) is 7. The lowest BCUT2D eigenvalue weighted by Crippen LogP contribution is -2.02. The van der Waals surface area contributed by atoms with Crippen LogP contribution in [0.15, 0.2) is 224 Å². The van der Waals surface area contributed by atoms with Crippen molar-refractivity contribution >= 4 is 0 Å². The van der Waals surface area contributed by atoms with Gasteiger partial charge in [-0.15, -0.1) is 0 Å². The van der Waals surface area contributed by atoms with Crippen LogP contribution in [0.3, 0.4) is 0 Å². The lowest BCUT2D eigenvalue weighted by Gasteiger charge is -2.20. The second-order valence-corrected chi connectivity index (χ2v) is 16.6. The van der Waals surface area contributed by atoms with Gasteiger partial charge in [-0.25, -0.2) is 29.9 Å². The van der Waals surface area contributed by atoms with Crippen LogP contribution >= 0.6 is 0 Å². The highest BCUT2D eigenvalue weighted by Crippen LogP contribution is 2.44. The molecule has 0 saturated heterocycles. The molecular formula is C61H43N7. The van der Waals surface area contributed by atoms with E-state index in [9.17, 15) is 0 Å². The number of pyridine rings is 1. The van der Waals surface area contributed by atoms with Crippen LogP contribution in [0.25, 0.3) is 113 Å². The summed E-state index contributed by atoms with van der Waals surface area (Å²) < 4.78 is 0. The van der Waals surface area contributed by atoms with Crippen molar-refractivity contribution in [2.75, 3.05) is 0 Å². The predicted octanol–water partition coefficient (Wildman–Crippen LogP) is 14.7. The average molecular weight is 874 g/mol. The highest BCUT2D eigenvalue weighted by atomic mass is 15.0. The third-order valence-electron chi connectivity index (χ3n) is 12.1. The molecule has 0 saturated carbocycles. The van der Waals surface area contributed by atoms with E-state index >= 15 is 0 Å². The number of aromatic nitrogens is 7. The Bertz CT molecular complexity index is 3500. The molecule has 0 radical (unpaired) electrons. The van der Waals surface area contributed by atoms with Gasteiger partial charge in [0.2, 0.25) is 0 Å². The number of hydrogen-bond acceptors (Lipinski definition) is 7. The van der Waals surface area contributed by atoms with Gasteiger partial charge in [0.15, 0.2) is 34.9 Å². The number of aryl methyl sites for hydroxylation is 2. The number of benzene rings is 8. The van der Waals surface area contributed by atoms with Gasteiger partial charge in [0.05, 0.1) is 0 Å².